The first kappa shape index (κ1) is 14.5. The topological polar surface area (TPSA) is 58.4 Å². The first-order valence-corrected chi connectivity index (χ1v) is 6.76. The number of amides is 1. The lowest BCUT2D eigenvalue weighted by molar-refractivity contribution is -0.123. The second kappa shape index (κ2) is 6.97. The van der Waals surface area contributed by atoms with Crippen molar-refractivity contribution in [2.24, 2.45) is 5.73 Å². The van der Waals surface area contributed by atoms with Gasteiger partial charge in [0, 0.05) is 18.1 Å². The van der Waals surface area contributed by atoms with Gasteiger partial charge in [-0.05, 0) is 33.7 Å². The fourth-order valence-electron chi connectivity index (χ4n) is 2.58. The van der Waals surface area contributed by atoms with Gasteiger partial charge in [-0.1, -0.05) is 19.3 Å². The highest BCUT2D eigenvalue weighted by Gasteiger charge is 2.25. The third-order valence-corrected chi connectivity index (χ3v) is 3.44. The summed E-state index contributed by atoms with van der Waals surface area (Å²) in [5.74, 6) is 0.0962. The van der Waals surface area contributed by atoms with Gasteiger partial charge >= 0.3 is 0 Å². The Balaban J connectivity index is 2.44. The molecule has 0 aromatic heterocycles. The van der Waals surface area contributed by atoms with E-state index in [-0.39, 0.29) is 18.0 Å². The normalized spacial score (nSPS) is 26.0. The fourth-order valence-corrected chi connectivity index (χ4v) is 2.58. The molecule has 17 heavy (non-hydrogen) atoms. The number of nitrogens with one attached hydrogen (secondary N) is 1. The van der Waals surface area contributed by atoms with Gasteiger partial charge in [-0.3, -0.25) is 9.69 Å². The predicted molar refractivity (Wildman–Crippen MR) is 70.8 cm³/mol. The van der Waals surface area contributed by atoms with Crippen LogP contribution in [0.5, 0.6) is 0 Å². The Bertz CT molecular complexity index is 243. The van der Waals surface area contributed by atoms with Crippen LogP contribution in [0.15, 0.2) is 0 Å². The Morgan fingerprint density at radius 1 is 1.35 bits per heavy atom. The van der Waals surface area contributed by atoms with Gasteiger partial charge in [-0.15, -0.1) is 0 Å². The van der Waals surface area contributed by atoms with E-state index in [1.807, 2.05) is 20.9 Å². The maximum atomic E-state index is 11.7. The Morgan fingerprint density at radius 2 is 2.00 bits per heavy atom. The van der Waals surface area contributed by atoms with Gasteiger partial charge in [0.25, 0.3) is 0 Å². The molecular formula is C13H27N3O. The molecule has 2 atom stereocenters. The lowest BCUT2D eigenvalue weighted by atomic mass is 10.0. The summed E-state index contributed by atoms with van der Waals surface area (Å²) in [4.78, 5) is 13.8. The van der Waals surface area contributed by atoms with E-state index in [9.17, 15) is 4.79 Å². The minimum atomic E-state index is 0.0962. The maximum Gasteiger partial charge on any atom is 0.234 e. The molecule has 4 nitrogen and oxygen atoms in total. The average molecular weight is 241 g/mol. The number of hydrogen-bond donors (Lipinski definition) is 2. The van der Waals surface area contributed by atoms with Gasteiger partial charge in [0.15, 0.2) is 0 Å². The molecule has 0 bridgehead atoms. The average Bonchev–Trinajstić information content (AvgIpc) is 2.41. The van der Waals surface area contributed by atoms with Gasteiger partial charge in [0.1, 0.15) is 0 Å². The highest BCUT2D eigenvalue weighted by atomic mass is 16.2. The van der Waals surface area contributed by atoms with Crippen LogP contribution in [-0.4, -0.2) is 42.5 Å². The molecule has 0 spiro atoms. The van der Waals surface area contributed by atoms with Gasteiger partial charge in [-0.2, -0.15) is 0 Å². The molecule has 1 aliphatic rings. The second-order valence-corrected chi connectivity index (χ2v) is 5.51. The lowest BCUT2D eigenvalue weighted by Gasteiger charge is -2.31. The zero-order valence-corrected chi connectivity index (χ0v) is 11.4. The number of carbonyl (C=O) groups is 1. The highest BCUT2D eigenvalue weighted by molar-refractivity contribution is 5.78. The van der Waals surface area contributed by atoms with Crippen molar-refractivity contribution in [3.8, 4) is 0 Å². The van der Waals surface area contributed by atoms with Crippen molar-refractivity contribution in [2.75, 3.05) is 13.6 Å². The molecule has 100 valence electrons. The zero-order chi connectivity index (χ0) is 12.8. The van der Waals surface area contributed by atoms with Crippen LogP contribution in [0.4, 0.5) is 0 Å². The standard InChI is InChI=1S/C13H27N3O/c1-10(2)15-13(17)9-16(3)12-8-6-4-5-7-11(12)14/h10-12H,4-9,14H2,1-3H3,(H,15,17). The SMILES string of the molecule is CC(C)NC(=O)CN(C)C1CCCCCC1N. The monoisotopic (exact) mass is 241 g/mol. The number of rotatable bonds is 4. The summed E-state index contributed by atoms with van der Waals surface area (Å²) in [5, 5.41) is 2.92. The van der Waals surface area contributed by atoms with E-state index in [4.69, 9.17) is 5.73 Å². The van der Waals surface area contributed by atoms with Crippen molar-refractivity contribution in [1.82, 2.24) is 10.2 Å². The predicted octanol–water partition coefficient (Wildman–Crippen LogP) is 1.10. The summed E-state index contributed by atoms with van der Waals surface area (Å²) < 4.78 is 0. The van der Waals surface area contributed by atoms with E-state index < -0.39 is 0 Å². The van der Waals surface area contributed by atoms with Crippen LogP contribution in [0.1, 0.15) is 46.0 Å². The smallest absolute Gasteiger partial charge is 0.234 e. The number of hydrogen-bond acceptors (Lipinski definition) is 3. The number of nitrogens with two attached hydrogens (primary N) is 1. The van der Waals surface area contributed by atoms with Crippen LogP contribution in [0.2, 0.25) is 0 Å². The minimum absolute atomic E-state index is 0.0962. The Kier molecular flexibility index (Phi) is 5.92. The van der Waals surface area contributed by atoms with Crippen LogP contribution in [0.3, 0.4) is 0 Å². The van der Waals surface area contributed by atoms with Crippen LogP contribution in [0, 0.1) is 0 Å². The molecule has 1 fully saturated rings. The molecule has 1 saturated carbocycles. The summed E-state index contributed by atoms with van der Waals surface area (Å²) in [5.41, 5.74) is 6.18. The first-order valence-electron chi connectivity index (χ1n) is 6.76. The van der Waals surface area contributed by atoms with E-state index in [1.165, 1.54) is 19.3 Å². The third kappa shape index (κ3) is 5.04. The van der Waals surface area contributed by atoms with Crippen molar-refractivity contribution in [2.45, 2.75) is 64.1 Å². The Hall–Kier alpha value is -0.610. The number of carbonyl (C=O) groups excluding carboxylic acids is 1. The molecule has 2 unspecified atom stereocenters. The van der Waals surface area contributed by atoms with Crippen LogP contribution in [0.25, 0.3) is 0 Å². The molecule has 1 rings (SSSR count). The molecule has 0 aromatic rings. The molecule has 0 saturated heterocycles. The number of nitrogens with zero attached hydrogens (tertiary/aromatic N) is 1. The molecule has 3 N–H and O–H groups in total. The molecule has 0 heterocycles. The quantitative estimate of drug-likeness (QED) is 0.725. The first-order chi connectivity index (χ1) is 8.00. The summed E-state index contributed by atoms with van der Waals surface area (Å²) >= 11 is 0. The summed E-state index contributed by atoms with van der Waals surface area (Å²) in [7, 11) is 2.01. The van der Waals surface area contributed by atoms with Gasteiger partial charge in [0.05, 0.1) is 6.54 Å². The van der Waals surface area contributed by atoms with Crippen LogP contribution >= 0.6 is 0 Å². The summed E-state index contributed by atoms with van der Waals surface area (Å²) in [6, 6.07) is 0.781. The van der Waals surface area contributed by atoms with Gasteiger partial charge in [0.2, 0.25) is 5.91 Å². The van der Waals surface area contributed by atoms with Crippen molar-refractivity contribution >= 4 is 5.91 Å². The van der Waals surface area contributed by atoms with E-state index in [0.717, 1.165) is 12.8 Å². The molecule has 1 amide bonds. The van der Waals surface area contributed by atoms with Gasteiger partial charge in [-0.25, -0.2) is 0 Å². The molecule has 0 aliphatic heterocycles. The van der Waals surface area contributed by atoms with Crippen LogP contribution < -0.4 is 11.1 Å². The summed E-state index contributed by atoms with van der Waals surface area (Å²) in [6.07, 6.45) is 5.93. The van der Waals surface area contributed by atoms with E-state index >= 15 is 0 Å². The van der Waals surface area contributed by atoms with E-state index in [2.05, 4.69) is 10.2 Å². The lowest BCUT2D eigenvalue weighted by Crippen LogP contribution is -2.49. The summed E-state index contributed by atoms with van der Waals surface area (Å²) in [6.45, 7) is 4.42. The molecule has 4 heteroatoms. The van der Waals surface area contributed by atoms with E-state index in [1.54, 1.807) is 0 Å². The Morgan fingerprint density at radius 3 is 2.65 bits per heavy atom. The molecule has 1 aliphatic carbocycles. The van der Waals surface area contributed by atoms with E-state index in [0.29, 0.717) is 12.6 Å². The Labute approximate surface area is 105 Å². The molecule has 0 radical (unpaired) electrons. The van der Waals surface area contributed by atoms with Crippen molar-refractivity contribution < 1.29 is 4.79 Å². The fraction of sp³-hybridized carbons (Fsp3) is 0.923. The van der Waals surface area contributed by atoms with Crippen molar-refractivity contribution in [1.29, 1.82) is 0 Å². The van der Waals surface area contributed by atoms with Crippen LogP contribution in [-0.2, 0) is 4.79 Å². The zero-order valence-electron chi connectivity index (χ0n) is 11.4. The van der Waals surface area contributed by atoms with Crippen molar-refractivity contribution in [3.05, 3.63) is 0 Å². The largest absolute Gasteiger partial charge is 0.353 e. The maximum absolute atomic E-state index is 11.7. The molecule has 0 aromatic carbocycles. The number of likely N-dealkylation sites (N-methyl/N-ethyl adjacent to an activating group) is 1. The van der Waals surface area contributed by atoms with Crippen molar-refractivity contribution in [3.63, 3.8) is 0 Å². The van der Waals surface area contributed by atoms with Gasteiger partial charge < -0.3 is 11.1 Å². The second-order valence-electron chi connectivity index (χ2n) is 5.51. The third-order valence-electron chi connectivity index (χ3n) is 3.44. The minimum Gasteiger partial charge on any atom is -0.353 e. The molecular weight excluding hydrogens is 214 g/mol. The highest BCUT2D eigenvalue weighted by Crippen LogP contribution is 2.20.